The van der Waals surface area contributed by atoms with E-state index in [2.05, 4.69) is 15.0 Å². The van der Waals surface area contributed by atoms with Crippen molar-refractivity contribution >= 4 is 34.5 Å². The number of H-pyrrole nitrogens is 1. The number of anilines is 1. The van der Waals surface area contributed by atoms with Crippen LogP contribution in [0.25, 0.3) is 11.0 Å². The van der Waals surface area contributed by atoms with E-state index in [0.29, 0.717) is 17.9 Å². The molecule has 0 saturated heterocycles. The Bertz CT molecular complexity index is 717. The van der Waals surface area contributed by atoms with Gasteiger partial charge in [0.2, 0.25) is 0 Å². The van der Waals surface area contributed by atoms with Gasteiger partial charge in [-0.3, -0.25) is 4.99 Å². The summed E-state index contributed by atoms with van der Waals surface area (Å²) >= 11 is 5.93. The molecule has 3 heterocycles. The van der Waals surface area contributed by atoms with Crippen molar-refractivity contribution in [1.29, 1.82) is 0 Å². The maximum absolute atomic E-state index is 12.9. The summed E-state index contributed by atoms with van der Waals surface area (Å²) < 4.78 is 38.6. The number of nitrogens with zero attached hydrogens (tertiary/aromatic N) is 3. The third-order valence-electron chi connectivity index (χ3n) is 2.95. The van der Waals surface area contributed by atoms with Crippen molar-refractivity contribution in [3.05, 3.63) is 35.4 Å². The zero-order chi connectivity index (χ0) is 14.3. The van der Waals surface area contributed by atoms with Gasteiger partial charge in [0.05, 0.1) is 28.2 Å². The average molecular weight is 301 g/mol. The average Bonchev–Trinajstić information content (AvgIpc) is 2.83. The van der Waals surface area contributed by atoms with Gasteiger partial charge in [-0.25, -0.2) is 4.98 Å². The first-order valence-corrected chi connectivity index (χ1v) is 6.04. The minimum atomic E-state index is -4.54. The summed E-state index contributed by atoms with van der Waals surface area (Å²) in [6, 6.07) is 0. The van der Waals surface area contributed by atoms with Crippen molar-refractivity contribution in [3.63, 3.8) is 0 Å². The Balaban J connectivity index is 2.20. The largest absolute Gasteiger partial charge is 0.419 e. The summed E-state index contributed by atoms with van der Waals surface area (Å²) in [4.78, 5) is 12.2. The lowest BCUT2D eigenvalue weighted by molar-refractivity contribution is -0.137. The van der Waals surface area contributed by atoms with Crippen molar-refractivity contribution in [2.45, 2.75) is 6.18 Å². The molecule has 104 valence electrons. The number of halogens is 4. The number of nitrogens with one attached hydrogen (secondary N) is 1. The van der Waals surface area contributed by atoms with Crippen LogP contribution in [-0.4, -0.2) is 22.7 Å². The molecule has 2 aromatic rings. The molecular formula is C12H8ClF3N4. The molecular weight excluding hydrogens is 293 g/mol. The van der Waals surface area contributed by atoms with Gasteiger partial charge in [0.25, 0.3) is 0 Å². The highest BCUT2D eigenvalue weighted by Gasteiger charge is 2.35. The van der Waals surface area contributed by atoms with Crippen LogP contribution in [0.4, 0.5) is 18.9 Å². The second kappa shape index (κ2) is 4.52. The summed E-state index contributed by atoms with van der Waals surface area (Å²) in [7, 11) is 0. The van der Waals surface area contributed by atoms with Crippen molar-refractivity contribution in [2.24, 2.45) is 4.99 Å². The Kier molecular flexibility index (Phi) is 2.93. The van der Waals surface area contributed by atoms with E-state index < -0.39 is 11.7 Å². The van der Waals surface area contributed by atoms with Crippen LogP contribution >= 0.6 is 11.6 Å². The molecule has 1 aliphatic rings. The summed E-state index contributed by atoms with van der Waals surface area (Å²) in [6.07, 6.45) is 2.64. The lowest BCUT2D eigenvalue weighted by Gasteiger charge is -2.19. The summed E-state index contributed by atoms with van der Waals surface area (Å²) in [5.74, 6) is 0. The molecule has 0 saturated carbocycles. The zero-order valence-corrected chi connectivity index (χ0v) is 10.7. The first kappa shape index (κ1) is 13.0. The van der Waals surface area contributed by atoms with Gasteiger partial charge in [0, 0.05) is 31.0 Å². The van der Waals surface area contributed by atoms with E-state index in [1.54, 1.807) is 29.7 Å². The van der Waals surface area contributed by atoms with Gasteiger partial charge in [-0.2, -0.15) is 13.2 Å². The van der Waals surface area contributed by atoms with Crippen LogP contribution in [-0.2, 0) is 6.18 Å². The molecule has 0 spiro atoms. The van der Waals surface area contributed by atoms with Crippen LogP contribution in [0.3, 0.4) is 0 Å². The lowest BCUT2D eigenvalue weighted by Crippen LogP contribution is -2.20. The zero-order valence-electron chi connectivity index (χ0n) is 9.95. The fraction of sp³-hybridized carbons (Fsp3) is 0.167. The predicted octanol–water partition coefficient (Wildman–Crippen LogP) is 3.60. The standard InChI is InChI=1S/C12H8ClF3N4/c13-10-7(12(14,15)16)5-18-11-9(10)8(6-19-11)20-3-1-17-2-4-20/h1-3,5-6H,4H2,(H,18,19). The van der Waals surface area contributed by atoms with E-state index in [0.717, 1.165) is 6.20 Å². The number of hydrogen-bond donors (Lipinski definition) is 1. The Morgan fingerprint density at radius 2 is 2.15 bits per heavy atom. The van der Waals surface area contributed by atoms with E-state index >= 15 is 0 Å². The topological polar surface area (TPSA) is 44.3 Å². The highest BCUT2D eigenvalue weighted by molar-refractivity contribution is 6.37. The number of fused-ring (bicyclic) bond motifs is 1. The molecule has 0 bridgehead atoms. The van der Waals surface area contributed by atoms with Gasteiger partial charge in [-0.1, -0.05) is 11.6 Å². The van der Waals surface area contributed by atoms with E-state index in [9.17, 15) is 13.2 Å². The fourth-order valence-electron chi connectivity index (χ4n) is 2.02. The quantitative estimate of drug-likeness (QED) is 0.874. The molecule has 2 aromatic heterocycles. The van der Waals surface area contributed by atoms with E-state index in [4.69, 9.17) is 11.6 Å². The van der Waals surface area contributed by atoms with E-state index in [1.165, 1.54) is 0 Å². The van der Waals surface area contributed by atoms with Crippen molar-refractivity contribution in [2.75, 3.05) is 11.4 Å². The van der Waals surface area contributed by atoms with Gasteiger partial charge in [0.1, 0.15) is 5.65 Å². The lowest BCUT2D eigenvalue weighted by atomic mass is 10.2. The van der Waals surface area contributed by atoms with Gasteiger partial charge < -0.3 is 9.88 Å². The Morgan fingerprint density at radius 3 is 2.80 bits per heavy atom. The fourth-order valence-corrected chi connectivity index (χ4v) is 2.36. The van der Waals surface area contributed by atoms with Crippen LogP contribution in [0.1, 0.15) is 5.56 Å². The first-order valence-electron chi connectivity index (χ1n) is 5.66. The van der Waals surface area contributed by atoms with Crippen molar-refractivity contribution < 1.29 is 13.2 Å². The SMILES string of the molecule is FC(F)(F)c1cnc2[nH]cc(N3C=CN=CC3)c2c1Cl. The number of aromatic amines is 1. The third-order valence-corrected chi connectivity index (χ3v) is 3.34. The number of alkyl halides is 3. The summed E-state index contributed by atoms with van der Waals surface area (Å²) in [5.41, 5.74) is -0.0953. The Morgan fingerprint density at radius 1 is 1.35 bits per heavy atom. The van der Waals surface area contributed by atoms with Crippen LogP contribution in [0.5, 0.6) is 0 Å². The maximum atomic E-state index is 12.9. The number of rotatable bonds is 1. The summed E-state index contributed by atoms with van der Waals surface area (Å²) in [5, 5.41) is -0.101. The van der Waals surface area contributed by atoms with Gasteiger partial charge in [0.15, 0.2) is 0 Å². The van der Waals surface area contributed by atoms with Gasteiger partial charge >= 0.3 is 6.18 Å². The monoisotopic (exact) mass is 300 g/mol. The molecule has 0 unspecified atom stereocenters. The maximum Gasteiger partial charge on any atom is 0.419 e. The molecule has 3 rings (SSSR count). The molecule has 1 N–H and O–H groups in total. The van der Waals surface area contributed by atoms with Gasteiger partial charge in [-0.15, -0.1) is 0 Å². The van der Waals surface area contributed by atoms with Crippen LogP contribution in [0, 0.1) is 0 Å². The number of aliphatic imine (C=N–C) groups is 1. The molecule has 8 heteroatoms. The molecule has 0 aromatic carbocycles. The normalized spacial score (nSPS) is 15.3. The minimum absolute atomic E-state index is 0.251. The summed E-state index contributed by atoms with van der Waals surface area (Å²) in [6.45, 7) is 0.454. The highest BCUT2D eigenvalue weighted by atomic mass is 35.5. The van der Waals surface area contributed by atoms with Crippen LogP contribution < -0.4 is 4.90 Å². The van der Waals surface area contributed by atoms with Crippen molar-refractivity contribution in [3.8, 4) is 0 Å². The molecule has 0 fully saturated rings. The molecule has 0 amide bonds. The Hall–Kier alpha value is -2.02. The second-order valence-corrected chi connectivity index (χ2v) is 4.54. The van der Waals surface area contributed by atoms with Crippen LogP contribution in [0.2, 0.25) is 5.02 Å². The smallest absolute Gasteiger partial charge is 0.344 e. The minimum Gasteiger partial charge on any atom is -0.344 e. The number of pyridine rings is 1. The van der Waals surface area contributed by atoms with E-state index in [1.807, 2.05) is 0 Å². The first-order chi connectivity index (χ1) is 9.48. The number of aromatic nitrogens is 2. The molecule has 20 heavy (non-hydrogen) atoms. The van der Waals surface area contributed by atoms with Gasteiger partial charge in [-0.05, 0) is 0 Å². The molecule has 4 nitrogen and oxygen atoms in total. The highest BCUT2D eigenvalue weighted by Crippen LogP contribution is 2.40. The van der Waals surface area contributed by atoms with Crippen molar-refractivity contribution in [1.82, 2.24) is 9.97 Å². The molecule has 0 aliphatic carbocycles. The third kappa shape index (κ3) is 2.03. The van der Waals surface area contributed by atoms with E-state index in [-0.39, 0.29) is 10.4 Å². The molecule has 1 aliphatic heterocycles. The molecule has 0 radical (unpaired) electrons. The molecule has 0 atom stereocenters. The van der Waals surface area contributed by atoms with Crippen LogP contribution in [0.15, 0.2) is 29.8 Å². The number of hydrogen-bond acceptors (Lipinski definition) is 3. The second-order valence-electron chi connectivity index (χ2n) is 4.16. The predicted molar refractivity (Wildman–Crippen MR) is 71.1 cm³/mol. The Labute approximate surface area is 116 Å².